The predicted molar refractivity (Wildman–Crippen MR) is 86.0 cm³/mol. The Morgan fingerprint density at radius 2 is 1.95 bits per heavy atom. The summed E-state index contributed by atoms with van der Waals surface area (Å²) in [5.41, 5.74) is 4.58. The summed E-state index contributed by atoms with van der Waals surface area (Å²) in [6, 6.07) is 9.71. The molecular weight excluding hydrogens is 274 g/mol. The number of hydrogen-bond donors (Lipinski definition) is 0. The minimum Gasteiger partial charge on any atom is -0.269 e. The highest BCUT2D eigenvalue weighted by atomic mass is 16.1. The quantitative estimate of drug-likeness (QED) is 0.647. The zero-order chi connectivity index (χ0) is 14.9. The Balaban J connectivity index is 1.92. The lowest BCUT2D eigenvalue weighted by Crippen LogP contribution is -2.22. The van der Waals surface area contributed by atoms with Crippen LogP contribution in [0.25, 0.3) is 16.9 Å². The van der Waals surface area contributed by atoms with Gasteiger partial charge in [-0.05, 0) is 49.9 Å². The van der Waals surface area contributed by atoms with E-state index < -0.39 is 0 Å². The molecule has 4 heteroatoms. The van der Waals surface area contributed by atoms with Gasteiger partial charge in [-0.2, -0.15) is 0 Å². The second-order valence-electron chi connectivity index (χ2n) is 5.76. The Morgan fingerprint density at radius 1 is 1.05 bits per heavy atom. The molecule has 0 radical (unpaired) electrons. The van der Waals surface area contributed by atoms with E-state index in [4.69, 9.17) is 4.98 Å². The zero-order valence-electron chi connectivity index (χ0n) is 12.3. The van der Waals surface area contributed by atoms with Gasteiger partial charge in [-0.3, -0.25) is 14.2 Å². The normalized spacial score (nSPS) is 14.5. The number of rotatable bonds is 1. The van der Waals surface area contributed by atoms with Crippen molar-refractivity contribution >= 4 is 5.65 Å². The molecule has 4 nitrogen and oxygen atoms in total. The van der Waals surface area contributed by atoms with E-state index >= 15 is 0 Å². The van der Waals surface area contributed by atoms with Crippen LogP contribution in [-0.4, -0.2) is 14.4 Å². The van der Waals surface area contributed by atoms with Gasteiger partial charge in [0, 0.05) is 23.5 Å². The van der Waals surface area contributed by atoms with Crippen molar-refractivity contribution in [3.63, 3.8) is 0 Å². The maximum absolute atomic E-state index is 12.7. The lowest BCUT2D eigenvalue weighted by atomic mass is 10.1. The summed E-state index contributed by atoms with van der Waals surface area (Å²) in [6.45, 7) is 0. The Hall–Kier alpha value is -2.49. The van der Waals surface area contributed by atoms with Gasteiger partial charge in [0.1, 0.15) is 5.65 Å². The summed E-state index contributed by atoms with van der Waals surface area (Å²) >= 11 is 0. The Morgan fingerprint density at radius 3 is 2.82 bits per heavy atom. The maximum Gasteiger partial charge on any atom is 0.261 e. The fourth-order valence-electron chi connectivity index (χ4n) is 3.14. The molecule has 22 heavy (non-hydrogen) atoms. The first-order valence-electron chi connectivity index (χ1n) is 7.78. The van der Waals surface area contributed by atoms with Crippen molar-refractivity contribution in [2.24, 2.45) is 0 Å². The average Bonchev–Trinajstić information content (AvgIpc) is 2.81. The maximum atomic E-state index is 12.7. The highest BCUT2D eigenvalue weighted by molar-refractivity contribution is 5.63. The third-order valence-corrected chi connectivity index (χ3v) is 4.31. The monoisotopic (exact) mass is 291 g/mol. The molecule has 0 aliphatic heterocycles. The number of aryl methyl sites for hydroxylation is 1. The summed E-state index contributed by atoms with van der Waals surface area (Å²) < 4.78 is 1.66. The van der Waals surface area contributed by atoms with E-state index in [1.165, 1.54) is 6.42 Å². The fraction of sp³-hybridized carbons (Fsp3) is 0.278. The smallest absolute Gasteiger partial charge is 0.261 e. The molecule has 3 aromatic heterocycles. The number of hydrogen-bond acceptors (Lipinski definition) is 3. The minimum absolute atomic E-state index is 0.0921. The van der Waals surface area contributed by atoms with Gasteiger partial charge < -0.3 is 0 Å². The molecule has 3 heterocycles. The molecule has 0 bridgehead atoms. The standard InChI is InChI=1S/C18H17N3O/c22-18-14-6-2-1-3-8-16(14)20-17-12-13(9-11-21(17)18)15-7-4-5-10-19-15/h4-5,7,9-12H,1-3,6,8H2. The van der Waals surface area contributed by atoms with Gasteiger partial charge in [0.25, 0.3) is 5.56 Å². The number of fused-ring (bicyclic) bond motifs is 2. The van der Waals surface area contributed by atoms with E-state index in [1.807, 2.05) is 36.5 Å². The molecule has 0 spiro atoms. The van der Waals surface area contributed by atoms with Crippen molar-refractivity contribution in [1.29, 1.82) is 0 Å². The van der Waals surface area contributed by atoms with E-state index in [-0.39, 0.29) is 5.56 Å². The van der Waals surface area contributed by atoms with Gasteiger partial charge in [-0.15, -0.1) is 0 Å². The van der Waals surface area contributed by atoms with Crippen molar-refractivity contribution < 1.29 is 0 Å². The van der Waals surface area contributed by atoms with Gasteiger partial charge in [-0.25, -0.2) is 4.98 Å². The zero-order valence-corrected chi connectivity index (χ0v) is 12.3. The third kappa shape index (κ3) is 2.21. The molecule has 0 aromatic carbocycles. The first-order chi connectivity index (χ1) is 10.8. The SMILES string of the molecule is O=c1c2c(nc3cc(-c4ccccn4)ccn13)CCCCC2. The van der Waals surface area contributed by atoms with Crippen LogP contribution in [0, 0.1) is 0 Å². The number of pyridine rings is 2. The summed E-state index contributed by atoms with van der Waals surface area (Å²) in [6.07, 6.45) is 8.74. The molecular formula is C18H17N3O. The molecule has 0 fully saturated rings. The summed E-state index contributed by atoms with van der Waals surface area (Å²) in [4.78, 5) is 21.8. The Kier molecular flexibility index (Phi) is 3.22. The van der Waals surface area contributed by atoms with Gasteiger partial charge in [0.2, 0.25) is 0 Å². The van der Waals surface area contributed by atoms with Crippen LogP contribution in [0.15, 0.2) is 47.5 Å². The molecule has 0 unspecified atom stereocenters. The second kappa shape index (κ2) is 5.37. The van der Waals surface area contributed by atoms with Crippen LogP contribution in [0.2, 0.25) is 0 Å². The van der Waals surface area contributed by atoms with Crippen LogP contribution in [0.1, 0.15) is 30.5 Å². The fourth-order valence-corrected chi connectivity index (χ4v) is 3.14. The first kappa shape index (κ1) is 13.2. The highest BCUT2D eigenvalue weighted by Crippen LogP contribution is 2.20. The summed E-state index contributed by atoms with van der Waals surface area (Å²) in [7, 11) is 0. The van der Waals surface area contributed by atoms with Crippen molar-refractivity contribution in [3.8, 4) is 11.3 Å². The molecule has 110 valence electrons. The van der Waals surface area contributed by atoms with E-state index in [0.29, 0.717) is 5.65 Å². The highest BCUT2D eigenvalue weighted by Gasteiger charge is 2.15. The van der Waals surface area contributed by atoms with Gasteiger partial charge in [-0.1, -0.05) is 12.5 Å². The minimum atomic E-state index is 0.0921. The molecule has 1 aliphatic rings. The van der Waals surface area contributed by atoms with Crippen LogP contribution in [0.4, 0.5) is 0 Å². The summed E-state index contributed by atoms with van der Waals surface area (Å²) in [5.74, 6) is 0. The molecule has 0 amide bonds. The molecule has 3 aromatic rings. The summed E-state index contributed by atoms with van der Waals surface area (Å²) in [5, 5.41) is 0. The molecule has 0 saturated carbocycles. The van der Waals surface area contributed by atoms with Gasteiger partial charge in [0.15, 0.2) is 0 Å². The molecule has 0 N–H and O–H groups in total. The van der Waals surface area contributed by atoms with Crippen LogP contribution < -0.4 is 5.56 Å². The number of aromatic nitrogens is 3. The molecule has 1 aliphatic carbocycles. The van der Waals surface area contributed by atoms with Crippen molar-refractivity contribution in [2.45, 2.75) is 32.1 Å². The van der Waals surface area contributed by atoms with Crippen LogP contribution in [0.3, 0.4) is 0 Å². The average molecular weight is 291 g/mol. The lowest BCUT2D eigenvalue weighted by Gasteiger charge is -2.09. The third-order valence-electron chi connectivity index (χ3n) is 4.31. The van der Waals surface area contributed by atoms with E-state index in [2.05, 4.69) is 4.98 Å². The van der Waals surface area contributed by atoms with Gasteiger partial charge in [0.05, 0.1) is 11.4 Å². The van der Waals surface area contributed by atoms with Crippen LogP contribution >= 0.6 is 0 Å². The number of nitrogens with zero attached hydrogens (tertiary/aromatic N) is 3. The first-order valence-corrected chi connectivity index (χ1v) is 7.78. The predicted octanol–water partition coefficient (Wildman–Crippen LogP) is 3.03. The largest absolute Gasteiger partial charge is 0.269 e. The Bertz CT molecular complexity index is 884. The topological polar surface area (TPSA) is 47.3 Å². The molecule has 0 saturated heterocycles. The second-order valence-corrected chi connectivity index (χ2v) is 5.76. The van der Waals surface area contributed by atoms with Crippen LogP contribution in [-0.2, 0) is 12.8 Å². The van der Waals surface area contributed by atoms with Crippen LogP contribution in [0.5, 0.6) is 0 Å². The van der Waals surface area contributed by atoms with Crippen molar-refractivity contribution in [1.82, 2.24) is 14.4 Å². The van der Waals surface area contributed by atoms with E-state index in [1.54, 1.807) is 10.6 Å². The molecule has 4 rings (SSSR count). The van der Waals surface area contributed by atoms with Crippen molar-refractivity contribution in [2.75, 3.05) is 0 Å². The van der Waals surface area contributed by atoms with E-state index in [9.17, 15) is 4.79 Å². The van der Waals surface area contributed by atoms with E-state index in [0.717, 1.165) is 48.2 Å². The molecule has 0 atom stereocenters. The van der Waals surface area contributed by atoms with Gasteiger partial charge >= 0.3 is 0 Å². The lowest BCUT2D eigenvalue weighted by molar-refractivity contribution is 0.708. The van der Waals surface area contributed by atoms with Crippen molar-refractivity contribution in [3.05, 3.63) is 64.3 Å². The Labute approximate surface area is 128 Å².